The molecule has 0 saturated heterocycles. The van der Waals surface area contributed by atoms with Crippen LogP contribution in [0.2, 0.25) is 5.02 Å². The largest absolute Gasteiger partial charge is 0.205 e. The lowest BCUT2D eigenvalue weighted by molar-refractivity contribution is 0.0747. The van der Waals surface area contributed by atoms with Gasteiger partial charge in [-0.25, -0.2) is 8.78 Å². The summed E-state index contributed by atoms with van der Waals surface area (Å²) in [7, 11) is 0. The van der Waals surface area contributed by atoms with Crippen LogP contribution in [0.1, 0.15) is 82.6 Å². The van der Waals surface area contributed by atoms with Gasteiger partial charge in [-0.2, -0.15) is 0 Å². The molecule has 3 aliphatic rings. The third-order valence-electron chi connectivity index (χ3n) is 8.08. The van der Waals surface area contributed by atoms with Gasteiger partial charge in [-0.1, -0.05) is 23.8 Å². The minimum absolute atomic E-state index is 0.287. The van der Waals surface area contributed by atoms with Crippen molar-refractivity contribution in [3.63, 3.8) is 0 Å². The maximum atomic E-state index is 13.9. The van der Waals surface area contributed by atoms with Crippen LogP contribution in [-0.2, 0) is 0 Å². The molecule has 3 saturated carbocycles. The molecule has 4 rings (SSSR count). The van der Waals surface area contributed by atoms with Gasteiger partial charge < -0.3 is 0 Å². The third-order valence-corrected chi connectivity index (χ3v) is 8.44. The standard InChI is InChI=1S/C25H33ClF2/c1-2-3-16-4-6-17(7-5-16)18-8-9-20-13-21(11-10-19(20)12-18)22-14-23(27)25(26)24(28)15-22/h2-3,14-21H,4-13H2,1H3/b3-2+. The summed E-state index contributed by atoms with van der Waals surface area (Å²) < 4.78 is 27.8. The van der Waals surface area contributed by atoms with Gasteiger partial charge in [0.05, 0.1) is 0 Å². The maximum Gasteiger partial charge on any atom is 0.145 e. The van der Waals surface area contributed by atoms with Gasteiger partial charge >= 0.3 is 0 Å². The fourth-order valence-electron chi connectivity index (χ4n) is 6.55. The van der Waals surface area contributed by atoms with Crippen LogP contribution in [0.25, 0.3) is 0 Å². The van der Waals surface area contributed by atoms with Crippen molar-refractivity contribution >= 4 is 11.6 Å². The Hall–Kier alpha value is -0.890. The van der Waals surface area contributed by atoms with Gasteiger partial charge in [-0.15, -0.1) is 0 Å². The molecule has 0 nitrogen and oxygen atoms in total. The van der Waals surface area contributed by atoms with E-state index >= 15 is 0 Å². The van der Waals surface area contributed by atoms with Crippen LogP contribution in [0.3, 0.4) is 0 Å². The first-order valence-electron chi connectivity index (χ1n) is 11.3. The summed E-state index contributed by atoms with van der Waals surface area (Å²) in [5.41, 5.74) is 0.808. The normalized spacial score (nSPS) is 36.4. The molecule has 4 unspecified atom stereocenters. The second-order valence-corrected chi connectivity index (χ2v) is 9.98. The SMILES string of the molecule is C/C=C/C1CCC(C2CCC3CC(c4cc(F)c(Cl)c(F)c4)CCC3C2)CC1. The first-order chi connectivity index (χ1) is 13.5. The number of rotatable bonds is 3. The van der Waals surface area contributed by atoms with E-state index in [1.165, 1.54) is 63.5 Å². The molecule has 1 aromatic carbocycles. The van der Waals surface area contributed by atoms with E-state index in [-0.39, 0.29) is 10.9 Å². The molecule has 28 heavy (non-hydrogen) atoms. The van der Waals surface area contributed by atoms with Crippen LogP contribution in [0.15, 0.2) is 24.3 Å². The van der Waals surface area contributed by atoms with E-state index in [1.807, 2.05) is 0 Å². The van der Waals surface area contributed by atoms with Gasteiger partial charge in [-0.05, 0) is 124 Å². The number of benzene rings is 1. The van der Waals surface area contributed by atoms with Crippen molar-refractivity contribution in [3.8, 4) is 0 Å². The van der Waals surface area contributed by atoms with E-state index in [4.69, 9.17) is 11.6 Å². The highest BCUT2D eigenvalue weighted by atomic mass is 35.5. The number of hydrogen-bond acceptors (Lipinski definition) is 0. The first-order valence-corrected chi connectivity index (χ1v) is 11.7. The molecule has 0 radical (unpaired) electrons. The minimum Gasteiger partial charge on any atom is -0.205 e. The zero-order valence-corrected chi connectivity index (χ0v) is 17.7. The predicted octanol–water partition coefficient (Wildman–Crippen LogP) is 8.30. The molecule has 3 aliphatic carbocycles. The Balaban J connectivity index is 1.34. The number of hydrogen-bond donors (Lipinski definition) is 0. The van der Waals surface area contributed by atoms with Crippen LogP contribution < -0.4 is 0 Å². The Morgan fingerprint density at radius 3 is 1.96 bits per heavy atom. The highest BCUT2D eigenvalue weighted by Gasteiger charge is 2.39. The van der Waals surface area contributed by atoms with Crippen LogP contribution >= 0.6 is 11.6 Å². The lowest BCUT2D eigenvalue weighted by atomic mass is 9.60. The van der Waals surface area contributed by atoms with Crippen LogP contribution in [-0.4, -0.2) is 0 Å². The van der Waals surface area contributed by atoms with Crippen molar-refractivity contribution < 1.29 is 8.78 Å². The average molecular weight is 407 g/mol. The van der Waals surface area contributed by atoms with Crippen molar-refractivity contribution in [3.05, 3.63) is 46.5 Å². The molecule has 3 fully saturated rings. The molecular weight excluding hydrogens is 374 g/mol. The van der Waals surface area contributed by atoms with E-state index in [9.17, 15) is 8.78 Å². The summed E-state index contributed by atoms with van der Waals surface area (Å²) in [5.74, 6) is 3.27. The summed E-state index contributed by atoms with van der Waals surface area (Å²) in [6.45, 7) is 2.14. The number of halogens is 3. The van der Waals surface area contributed by atoms with E-state index in [0.717, 1.165) is 48.0 Å². The average Bonchev–Trinajstić information content (AvgIpc) is 2.71. The molecule has 0 bridgehead atoms. The number of fused-ring (bicyclic) bond motifs is 1. The molecule has 0 aromatic heterocycles. The molecule has 0 N–H and O–H groups in total. The van der Waals surface area contributed by atoms with Crippen molar-refractivity contribution in [2.75, 3.05) is 0 Å². The molecule has 3 heteroatoms. The first kappa shape index (κ1) is 20.4. The zero-order chi connectivity index (χ0) is 19.7. The molecule has 0 aliphatic heterocycles. The third kappa shape index (κ3) is 4.32. The smallest absolute Gasteiger partial charge is 0.145 e. The fourth-order valence-corrected chi connectivity index (χ4v) is 6.66. The lowest BCUT2D eigenvalue weighted by Crippen LogP contribution is -2.34. The van der Waals surface area contributed by atoms with E-state index in [2.05, 4.69) is 19.1 Å². The van der Waals surface area contributed by atoms with Crippen LogP contribution in [0.4, 0.5) is 8.78 Å². The van der Waals surface area contributed by atoms with Crippen molar-refractivity contribution in [1.29, 1.82) is 0 Å². The molecule has 0 heterocycles. The number of allylic oxidation sites excluding steroid dienone is 2. The second kappa shape index (κ2) is 8.86. The summed E-state index contributed by atoms with van der Waals surface area (Å²) in [6, 6.07) is 2.93. The molecule has 0 amide bonds. The van der Waals surface area contributed by atoms with E-state index in [0.29, 0.717) is 0 Å². The topological polar surface area (TPSA) is 0 Å². The lowest BCUT2D eigenvalue weighted by Gasteiger charge is -2.45. The van der Waals surface area contributed by atoms with Crippen LogP contribution in [0, 0.1) is 41.2 Å². The molecule has 0 spiro atoms. The van der Waals surface area contributed by atoms with Gasteiger partial charge in [0, 0.05) is 0 Å². The zero-order valence-electron chi connectivity index (χ0n) is 17.0. The molecule has 4 atom stereocenters. The Labute approximate surface area is 173 Å². The molecule has 1 aromatic rings. The summed E-state index contributed by atoms with van der Waals surface area (Å²) >= 11 is 5.66. The predicted molar refractivity (Wildman–Crippen MR) is 113 cm³/mol. The highest BCUT2D eigenvalue weighted by Crippen LogP contribution is 2.51. The monoisotopic (exact) mass is 406 g/mol. The Morgan fingerprint density at radius 1 is 0.786 bits per heavy atom. The quantitative estimate of drug-likeness (QED) is 0.349. The Morgan fingerprint density at radius 2 is 1.32 bits per heavy atom. The molecule has 154 valence electrons. The van der Waals surface area contributed by atoms with Crippen molar-refractivity contribution in [2.24, 2.45) is 29.6 Å². The Kier molecular flexibility index (Phi) is 6.45. The second-order valence-electron chi connectivity index (χ2n) is 9.60. The fraction of sp³-hybridized carbons (Fsp3) is 0.680. The van der Waals surface area contributed by atoms with Gasteiger partial charge in [0.15, 0.2) is 0 Å². The summed E-state index contributed by atoms with van der Waals surface area (Å²) in [4.78, 5) is 0. The molecular formula is C25H33ClF2. The Bertz CT molecular complexity index is 681. The van der Waals surface area contributed by atoms with Gasteiger partial charge in [0.25, 0.3) is 0 Å². The van der Waals surface area contributed by atoms with Crippen molar-refractivity contribution in [2.45, 2.75) is 77.0 Å². The summed E-state index contributed by atoms with van der Waals surface area (Å²) in [5, 5.41) is -0.373. The maximum absolute atomic E-state index is 13.9. The van der Waals surface area contributed by atoms with Gasteiger partial charge in [0.1, 0.15) is 16.7 Å². The van der Waals surface area contributed by atoms with Gasteiger partial charge in [-0.3, -0.25) is 0 Å². The van der Waals surface area contributed by atoms with Gasteiger partial charge in [0.2, 0.25) is 0 Å². The van der Waals surface area contributed by atoms with E-state index < -0.39 is 11.6 Å². The summed E-state index contributed by atoms with van der Waals surface area (Å²) in [6.07, 6.45) is 17.6. The highest BCUT2D eigenvalue weighted by molar-refractivity contribution is 6.30. The minimum atomic E-state index is -0.615. The van der Waals surface area contributed by atoms with Crippen LogP contribution in [0.5, 0.6) is 0 Å². The van der Waals surface area contributed by atoms with E-state index in [1.54, 1.807) is 0 Å². The van der Waals surface area contributed by atoms with Crippen molar-refractivity contribution in [1.82, 2.24) is 0 Å².